The van der Waals surface area contributed by atoms with Crippen LogP contribution in [0.15, 0.2) is 24.3 Å². The molecule has 0 amide bonds. The Bertz CT molecular complexity index is 235. The van der Waals surface area contributed by atoms with Crippen molar-refractivity contribution in [3.63, 3.8) is 0 Å². The molecule has 0 fully saturated rings. The van der Waals surface area contributed by atoms with Gasteiger partial charge in [-0.25, -0.2) is 0 Å². The molecular weight excluding hydrogens is 150 g/mol. The van der Waals surface area contributed by atoms with Gasteiger partial charge in [0.25, 0.3) is 0 Å². The third-order valence-corrected chi connectivity index (χ3v) is 1.77. The first kappa shape index (κ1) is 9.07. The Morgan fingerprint density at radius 3 is 3.00 bits per heavy atom. The predicted molar refractivity (Wildman–Crippen MR) is 48.8 cm³/mol. The summed E-state index contributed by atoms with van der Waals surface area (Å²) in [4.78, 5) is 0. The first-order valence-corrected chi connectivity index (χ1v) is 4.10. The molecule has 0 aliphatic heterocycles. The lowest BCUT2D eigenvalue weighted by molar-refractivity contribution is -0.594. The number of hydrogen-bond acceptors (Lipinski definition) is 1. The molecule has 0 spiro atoms. The van der Waals surface area contributed by atoms with Gasteiger partial charge in [0, 0.05) is 6.42 Å². The van der Waals surface area contributed by atoms with Crippen LogP contribution in [0.1, 0.15) is 5.56 Å². The van der Waals surface area contributed by atoms with Gasteiger partial charge in [-0.3, -0.25) is 0 Å². The highest BCUT2D eigenvalue weighted by atomic mass is 16.5. The first-order valence-electron chi connectivity index (χ1n) is 4.10. The van der Waals surface area contributed by atoms with Crippen LogP contribution >= 0.6 is 0 Å². The Balaban J connectivity index is 2.60. The van der Waals surface area contributed by atoms with Gasteiger partial charge in [0.05, 0.1) is 13.7 Å². The van der Waals surface area contributed by atoms with E-state index in [1.165, 1.54) is 5.56 Å². The molecule has 12 heavy (non-hydrogen) atoms. The number of benzene rings is 1. The molecule has 1 rings (SSSR count). The molecule has 0 atom stereocenters. The number of rotatable bonds is 4. The zero-order chi connectivity index (χ0) is 8.81. The van der Waals surface area contributed by atoms with Crippen molar-refractivity contribution in [3.8, 4) is 5.75 Å². The fourth-order valence-corrected chi connectivity index (χ4v) is 1.10. The van der Waals surface area contributed by atoms with E-state index in [0.717, 1.165) is 18.7 Å². The second kappa shape index (κ2) is 4.78. The molecule has 2 heteroatoms. The summed E-state index contributed by atoms with van der Waals surface area (Å²) in [5.74, 6) is 0.927. The molecule has 0 aromatic heterocycles. The van der Waals surface area contributed by atoms with Gasteiger partial charge in [0.15, 0.2) is 0 Å². The van der Waals surface area contributed by atoms with Crippen LogP contribution in [-0.4, -0.2) is 13.7 Å². The van der Waals surface area contributed by atoms with Gasteiger partial charge in [0.2, 0.25) is 0 Å². The molecule has 66 valence electrons. The monoisotopic (exact) mass is 165 g/mol. The molecule has 0 radical (unpaired) electrons. The maximum Gasteiger partial charge on any atom is 0.119 e. The minimum atomic E-state index is 0.927. The van der Waals surface area contributed by atoms with E-state index in [1.807, 2.05) is 17.4 Å². The molecule has 0 heterocycles. The highest BCUT2D eigenvalue weighted by molar-refractivity contribution is 5.28. The Morgan fingerprint density at radius 1 is 1.50 bits per heavy atom. The van der Waals surface area contributed by atoms with Crippen molar-refractivity contribution >= 4 is 0 Å². The molecular formula is C10H15NO. The van der Waals surface area contributed by atoms with Crippen LogP contribution in [0.25, 0.3) is 0 Å². The van der Waals surface area contributed by atoms with Crippen LogP contribution in [0.3, 0.4) is 0 Å². The first-order chi connectivity index (χ1) is 5.86. The van der Waals surface area contributed by atoms with E-state index in [2.05, 4.69) is 19.2 Å². The molecule has 0 saturated heterocycles. The zero-order valence-corrected chi connectivity index (χ0v) is 7.42. The summed E-state index contributed by atoms with van der Waals surface area (Å²) >= 11 is 0. The van der Waals surface area contributed by atoms with Crippen molar-refractivity contribution in [2.75, 3.05) is 13.7 Å². The minimum absolute atomic E-state index is 0.927. The minimum Gasteiger partial charge on any atom is -0.497 e. The third-order valence-electron chi connectivity index (χ3n) is 1.77. The van der Waals surface area contributed by atoms with Crippen LogP contribution < -0.4 is 10.1 Å². The van der Waals surface area contributed by atoms with Gasteiger partial charge in [0.1, 0.15) is 5.75 Å². The molecule has 0 aliphatic carbocycles. The summed E-state index contributed by atoms with van der Waals surface area (Å²) in [5, 5.41) is 1.93. The number of hydrogen-bond donors (Lipinski definition) is 1. The van der Waals surface area contributed by atoms with Crippen molar-refractivity contribution < 1.29 is 10.1 Å². The fraction of sp³-hybridized carbons (Fsp3) is 0.300. The van der Waals surface area contributed by atoms with Crippen LogP contribution in [0, 0.1) is 7.05 Å². The number of quaternary nitrogens is 1. The van der Waals surface area contributed by atoms with Crippen LogP contribution in [0.4, 0.5) is 0 Å². The van der Waals surface area contributed by atoms with E-state index in [-0.39, 0.29) is 0 Å². The van der Waals surface area contributed by atoms with Gasteiger partial charge < -0.3 is 10.1 Å². The highest BCUT2D eigenvalue weighted by Crippen LogP contribution is 2.12. The quantitative estimate of drug-likeness (QED) is 0.649. The molecule has 2 nitrogen and oxygen atoms in total. The molecule has 0 saturated carbocycles. The number of nitrogens with two attached hydrogens (primary N) is 1. The Kier molecular flexibility index (Phi) is 3.61. The molecule has 0 unspecified atom stereocenters. The fourth-order valence-electron chi connectivity index (χ4n) is 1.10. The summed E-state index contributed by atoms with van der Waals surface area (Å²) in [6.07, 6.45) is 1.04. The average molecular weight is 165 g/mol. The molecule has 2 N–H and O–H groups in total. The van der Waals surface area contributed by atoms with E-state index >= 15 is 0 Å². The van der Waals surface area contributed by atoms with Crippen molar-refractivity contribution in [3.05, 3.63) is 36.9 Å². The summed E-state index contributed by atoms with van der Waals surface area (Å²) in [7, 11) is 5.37. The molecule has 1 aromatic carbocycles. The zero-order valence-electron chi connectivity index (χ0n) is 7.42. The largest absolute Gasteiger partial charge is 0.497 e. The number of ether oxygens (including phenoxy) is 1. The van der Waals surface area contributed by atoms with Crippen molar-refractivity contribution in [2.24, 2.45) is 0 Å². The average Bonchev–Trinajstić information content (AvgIpc) is 2.15. The lowest BCUT2D eigenvalue weighted by Gasteiger charge is -2.03. The van der Waals surface area contributed by atoms with E-state index in [1.54, 1.807) is 7.11 Å². The van der Waals surface area contributed by atoms with E-state index in [4.69, 9.17) is 4.74 Å². The van der Waals surface area contributed by atoms with Gasteiger partial charge in [-0.15, -0.1) is 0 Å². The summed E-state index contributed by atoms with van der Waals surface area (Å²) in [6, 6.07) is 8.13. The van der Waals surface area contributed by atoms with Crippen LogP contribution in [-0.2, 0) is 6.42 Å². The van der Waals surface area contributed by atoms with Gasteiger partial charge in [-0.2, -0.15) is 7.05 Å². The summed E-state index contributed by atoms with van der Waals surface area (Å²) in [5.41, 5.74) is 1.30. The topological polar surface area (TPSA) is 25.8 Å². The standard InChI is InChI=1S/C10H15NO/c1-11-7-6-9-4-3-5-10(8-9)12-2/h3-5,8H,1,6-7,11H2,2H3. The second-order valence-electron chi connectivity index (χ2n) is 2.68. The van der Waals surface area contributed by atoms with E-state index in [9.17, 15) is 0 Å². The van der Waals surface area contributed by atoms with Gasteiger partial charge in [-0.1, -0.05) is 12.1 Å². The maximum absolute atomic E-state index is 5.11. The number of methoxy groups -OCH3 is 1. The van der Waals surface area contributed by atoms with Crippen molar-refractivity contribution in [2.45, 2.75) is 6.42 Å². The Hall–Kier alpha value is -1.02. The SMILES string of the molecule is [CH2-][NH2+]CCc1cccc(OC)c1. The third kappa shape index (κ3) is 2.55. The lowest BCUT2D eigenvalue weighted by Crippen LogP contribution is -2.77. The second-order valence-corrected chi connectivity index (χ2v) is 2.68. The highest BCUT2D eigenvalue weighted by Gasteiger charge is 1.94. The van der Waals surface area contributed by atoms with E-state index in [0.29, 0.717) is 0 Å². The Morgan fingerprint density at radius 2 is 2.33 bits per heavy atom. The van der Waals surface area contributed by atoms with Crippen molar-refractivity contribution in [1.82, 2.24) is 0 Å². The smallest absolute Gasteiger partial charge is 0.119 e. The van der Waals surface area contributed by atoms with Crippen LogP contribution in [0.5, 0.6) is 5.75 Å². The lowest BCUT2D eigenvalue weighted by atomic mass is 10.1. The predicted octanol–water partition coefficient (Wildman–Crippen LogP) is 0.593. The normalized spacial score (nSPS) is 9.83. The summed E-state index contributed by atoms with van der Waals surface area (Å²) < 4.78 is 5.11. The van der Waals surface area contributed by atoms with Crippen molar-refractivity contribution in [1.29, 1.82) is 0 Å². The molecule has 0 aliphatic rings. The van der Waals surface area contributed by atoms with E-state index < -0.39 is 0 Å². The molecule has 1 aromatic rings. The molecule has 0 bridgehead atoms. The summed E-state index contributed by atoms with van der Waals surface area (Å²) in [6.45, 7) is 1.02. The maximum atomic E-state index is 5.11. The Labute approximate surface area is 73.6 Å². The van der Waals surface area contributed by atoms with Gasteiger partial charge >= 0.3 is 0 Å². The van der Waals surface area contributed by atoms with Crippen LogP contribution in [0.2, 0.25) is 0 Å². The van der Waals surface area contributed by atoms with Gasteiger partial charge in [-0.05, 0) is 17.7 Å².